The molecule has 0 spiro atoms. The van der Waals surface area contributed by atoms with Crippen LogP contribution in [0.15, 0.2) is 90.5 Å². The Balaban J connectivity index is 1.62. The van der Waals surface area contributed by atoms with Crippen LogP contribution in [0.5, 0.6) is 11.5 Å². The van der Waals surface area contributed by atoms with Crippen molar-refractivity contribution in [3.63, 3.8) is 0 Å². The van der Waals surface area contributed by atoms with E-state index in [9.17, 15) is 25.0 Å². The zero-order valence-corrected chi connectivity index (χ0v) is 19.5. The van der Waals surface area contributed by atoms with Crippen LogP contribution in [0.2, 0.25) is 0 Å². The maximum Gasteiger partial charge on any atom is 0.344 e. The highest BCUT2D eigenvalue weighted by Gasteiger charge is 2.19. The Bertz CT molecular complexity index is 1600. The van der Waals surface area contributed by atoms with Crippen LogP contribution in [-0.2, 0) is 4.79 Å². The number of carbonyl (C=O) groups is 2. The normalized spacial score (nSPS) is 10.9. The van der Waals surface area contributed by atoms with Crippen LogP contribution in [0, 0.1) is 21.4 Å². The number of nitro benzene ring substituents is 1. The van der Waals surface area contributed by atoms with Crippen molar-refractivity contribution >= 4 is 40.1 Å². The zero-order valence-electron chi connectivity index (χ0n) is 19.5. The molecule has 0 bridgehead atoms. The van der Waals surface area contributed by atoms with E-state index in [1.807, 2.05) is 30.3 Å². The van der Waals surface area contributed by atoms with Crippen molar-refractivity contribution < 1.29 is 24.0 Å². The Morgan fingerprint density at radius 2 is 1.70 bits per heavy atom. The van der Waals surface area contributed by atoms with E-state index >= 15 is 0 Å². The number of hydrogen-bond donors (Lipinski definition) is 1. The largest absolute Gasteiger partial charge is 0.493 e. The molecule has 9 nitrogen and oxygen atoms in total. The molecule has 0 radical (unpaired) electrons. The summed E-state index contributed by atoms with van der Waals surface area (Å²) in [6.07, 6.45) is 1.28. The lowest BCUT2D eigenvalue weighted by Gasteiger charge is -2.11. The van der Waals surface area contributed by atoms with E-state index in [4.69, 9.17) is 9.47 Å². The summed E-state index contributed by atoms with van der Waals surface area (Å²) >= 11 is 0. The van der Waals surface area contributed by atoms with E-state index in [1.54, 1.807) is 24.3 Å². The van der Waals surface area contributed by atoms with Gasteiger partial charge in [0.15, 0.2) is 11.5 Å². The van der Waals surface area contributed by atoms with Crippen LogP contribution in [0.4, 0.5) is 11.4 Å². The van der Waals surface area contributed by atoms with Gasteiger partial charge >= 0.3 is 5.97 Å². The standard InChI is InChI=1S/C28H19N3O6/c1-36-25-14-13-18(15-20(17-29)27(32)30-23-11-4-5-12-24(23)31(34)35)16-26(25)37-28(33)22-10-6-8-19-7-2-3-9-21(19)22/h2-16H,1H3,(H,30,32)/b20-15+. The van der Waals surface area contributed by atoms with Crippen molar-refractivity contribution in [3.05, 3.63) is 112 Å². The molecule has 0 aliphatic rings. The minimum Gasteiger partial charge on any atom is -0.493 e. The maximum absolute atomic E-state index is 13.0. The smallest absolute Gasteiger partial charge is 0.344 e. The van der Waals surface area contributed by atoms with Crippen molar-refractivity contribution in [1.29, 1.82) is 5.26 Å². The quantitative estimate of drug-likeness (QED) is 0.0895. The molecule has 182 valence electrons. The number of fused-ring (bicyclic) bond motifs is 1. The molecule has 0 saturated carbocycles. The molecule has 0 saturated heterocycles. The predicted molar refractivity (Wildman–Crippen MR) is 137 cm³/mol. The number of nitriles is 1. The van der Waals surface area contributed by atoms with Crippen molar-refractivity contribution in [1.82, 2.24) is 0 Å². The number of carbonyl (C=O) groups excluding carboxylic acids is 2. The van der Waals surface area contributed by atoms with E-state index in [1.165, 1.54) is 49.6 Å². The monoisotopic (exact) mass is 493 g/mol. The molecule has 0 fully saturated rings. The highest BCUT2D eigenvalue weighted by Crippen LogP contribution is 2.31. The molecule has 4 rings (SSSR count). The summed E-state index contributed by atoms with van der Waals surface area (Å²) in [5.41, 5.74) is 0.0754. The molecule has 1 amide bonds. The van der Waals surface area contributed by atoms with Crippen LogP contribution in [0.3, 0.4) is 0 Å². The molecule has 0 aromatic heterocycles. The minimum absolute atomic E-state index is 0.0434. The molecule has 0 aliphatic heterocycles. The fourth-order valence-electron chi connectivity index (χ4n) is 3.66. The van der Waals surface area contributed by atoms with E-state index in [2.05, 4.69) is 5.32 Å². The summed E-state index contributed by atoms with van der Waals surface area (Å²) in [6, 6.07) is 24.6. The third-order valence-corrected chi connectivity index (χ3v) is 5.42. The average Bonchev–Trinajstić information content (AvgIpc) is 2.91. The molecular formula is C28H19N3O6. The zero-order chi connectivity index (χ0) is 26.4. The van der Waals surface area contributed by atoms with E-state index in [0.717, 1.165) is 10.8 Å². The van der Waals surface area contributed by atoms with Crippen LogP contribution in [0.1, 0.15) is 15.9 Å². The number of nitrogens with one attached hydrogen (secondary N) is 1. The van der Waals surface area contributed by atoms with Gasteiger partial charge in [0.1, 0.15) is 17.3 Å². The van der Waals surface area contributed by atoms with E-state index in [0.29, 0.717) is 11.1 Å². The SMILES string of the molecule is COc1ccc(/C=C(\C#N)C(=O)Nc2ccccc2[N+](=O)[O-])cc1OC(=O)c1cccc2ccccc12. The van der Waals surface area contributed by atoms with Gasteiger partial charge in [0.2, 0.25) is 0 Å². The van der Waals surface area contributed by atoms with Gasteiger partial charge < -0.3 is 14.8 Å². The number of nitro groups is 1. The summed E-state index contributed by atoms with van der Waals surface area (Å²) in [7, 11) is 1.42. The number of benzene rings is 4. The first-order chi connectivity index (χ1) is 17.9. The molecule has 37 heavy (non-hydrogen) atoms. The molecule has 4 aromatic rings. The minimum atomic E-state index is -0.832. The summed E-state index contributed by atoms with van der Waals surface area (Å²) < 4.78 is 10.9. The topological polar surface area (TPSA) is 132 Å². The molecule has 0 heterocycles. The second-order valence-electron chi connectivity index (χ2n) is 7.72. The van der Waals surface area contributed by atoms with Gasteiger partial charge in [-0.1, -0.05) is 54.6 Å². The number of para-hydroxylation sites is 2. The first-order valence-corrected chi connectivity index (χ1v) is 11.0. The summed E-state index contributed by atoms with van der Waals surface area (Å²) in [6.45, 7) is 0. The lowest BCUT2D eigenvalue weighted by atomic mass is 10.0. The Morgan fingerprint density at radius 1 is 0.973 bits per heavy atom. The lowest BCUT2D eigenvalue weighted by Crippen LogP contribution is -2.14. The van der Waals surface area contributed by atoms with Gasteiger partial charge in [-0.05, 0) is 46.7 Å². The first-order valence-electron chi connectivity index (χ1n) is 11.0. The van der Waals surface area contributed by atoms with Gasteiger partial charge in [-0.15, -0.1) is 0 Å². The highest BCUT2D eigenvalue weighted by atomic mass is 16.6. The second kappa shape index (κ2) is 10.8. The van der Waals surface area contributed by atoms with Gasteiger partial charge in [-0.3, -0.25) is 14.9 Å². The number of rotatable bonds is 7. The predicted octanol–water partition coefficient (Wildman–Crippen LogP) is 5.52. The highest BCUT2D eigenvalue weighted by molar-refractivity contribution is 6.10. The molecule has 0 atom stereocenters. The van der Waals surface area contributed by atoms with Crippen LogP contribution >= 0.6 is 0 Å². The van der Waals surface area contributed by atoms with E-state index in [-0.39, 0.29) is 28.4 Å². The van der Waals surface area contributed by atoms with Crippen molar-refractivity contribution in [3.8, 4) is 17.6 Å². The average molecular weight is 493 g/mol. The Hall–Kier alpha value is -5.49. The Morgan fingerprint density at radius 3 is 2.46 bits per heavy atom. The van der Waals surface area contributed by atoms with E-state index < -0.39 is 16.8 Å². The number of anilines is 1. The molecule has 4 aromatic carbocycles. The fraction of sp³-hybridized carbons (Fsp3) is 0.0357. The lowest BCUT2D eigenvalue weighted by molar-refractivity contribution is -0.383. The van der Waals surface area contributed by atoms with Crippen LogP contribution in [-0.4, -0.2) is 23.9 Å². The van der Waals surface area contributed by atoms with Crippen molar-refractivity contribution in [2.24, 2.45) is 0 Å². The van der Waals surface area contributed by atoms with Gasteiger partial charge in [-0.25, -0.2) is 4.79 Å². The third-order valence-electron chi connectivity index (χ3n) is 5.42. The fourth-order valence-corrected chi connectivity index (χ4v) is 3.66. The Kier molecular flexibility index (Phi) is 7.21. The summed E-state index contributed by atoms with van der Waals surface area (Å²) in [5.74, 6) is -1.08. The Labute approximate surface area is 211 Å². The molecule has 0 unspecified atom stereocenters. The first kappa shape index (κ1) is 24.6. The number of esters is 1. The van der Waals surface area contributed by atoms with Gasteiger partial charge in [0.05, 0.1) is 17.6 Å². The van der Waals surface area contributed by atoms with Crippen LogP contribution < -0.4 is 14.8 Å². The van der Waals surface area contributed by atoms with Crippen molar-refractivity contribution in [2.75, 3.05) is 12.4 Å². The molecule has 9 heteroatoms. The summed E-state index contributed by atoms with van der Waals surface area (Å²) in [5, 5.41) is 24.8. The van der Waals surface area contributed by atoms with Crippen LogP contribution in [0.25, 0.3) is 16.8 Å². The third kappa shape index (κ3) is 5.44. The number of nitrogens with zero attached hydrogens (tertiary/aromatic N) is 2. The van der Waals surface area contributed by atoms with Gasteiger partial charge in [0.25, 0.3) is 11.6 Å². The summed E-state index contributed by atoms with van der Waals surface area (Å²) in [4.78, 5) is 36.3. The number of methoxy groups -OCH3 is 1. The number of amides is 1. The van der Waals surface area contributed by atoms with Gasteiger partial charge in [0, 0.05) is 6.07 Å². The maximum atomic E-state index is 13.0. The number of hydrogen-bond acceptors (Lipinski definition) is 7. The molecule has 1 N–H and O–H groups in total. The number of ether oxygens (including phenoxy) is 2. The van der Waals surface area contributed by atoms with Gasteiger partial charge in [-0.2, -0.15) is 5.26 Å². The molecular weight excluding hydrogens is 474 g/mol. The van der Waals surface area contributed by atoms with Crippen molar-refractivity contribution in [2.45, 2.75) is 0 Å². The second-order valence-corrected chi connectivity index (χ2v) is 7.72. The molecule has 0 aliphatic carbocycles.